The van der Waals surface area contributed by atoms with E-state index in [0.717, 1.165) is 0 Å². The Morgan fingerprint density at radius 1 is 0.895 bits per heavy atom. The van der Waals surface area contributed by atoms with Gasteiger partial charge < -0.3 is 10.8 Å². The molecule has 2 aromatic carbocycles. The molecule has 4 heteroatoms. The summed E-state index contributed by atoms with van der Waals surface area (Å²) in [6.07, 6.45) is -1.21. The first-order valence-corrected chi connectivity index (χ1v) is 5.76. The maximum Gasteiger partial charge on any atom is 0.248 e. The molecule has 0 aliphatic carbocycles. The molecule has 0 aliphatic rings. The second kappa shape index (κ2) is 5.46. The average molecular weight is 255 g/mol. The summed E-state index contributed by atoms with van der Waals surface area (Å²) in [6, 6.07) is 14.6. The van der Waals surface area contributed by atoms with Gasteiger partial charge in [0.25, 0.3) is 0 Å². The Balaban J connectivity index is 2.22. The van der Waals surface area contributed by atoms with Crippen molar-refractivity contribution >= 4 is 11.7 Å². The van der Waals surface area contributed by atoms with Crippen LogP contribution in [0.2, 0.25) is 0 Å². The summed E-state index contributed by atoms with van der Waals surface area (Å²) in [5.74, 6) is -0.968. The molecule has 3 N–H and O–H groups in total. The Hall–Kier alpha value is -2.46. The molecule has 0 heterocycles. The lowest BCUT2D eigenvalue weighted by Crippen LogP contribution is -2.14. The summed E-state index contributed by atoms with van der Waals surface area (Å²) in [4.78, 5) is 23.0. The Morgan fingerprint density at radius 3 is 1.95 bits per heavy atom. The Kier molecular flexibility index (Phi) is 3.73. The average Bonchev–Trinajstić information content (AvgIpc) is 2.46. The summed E-state index contributed by atoms with van der Waals surface area (Å²) >= 11 is 0. The number of hydrogen-bond donors (Lipinski definition) is 2. The predicted octanol–water partition coefficient (Wildman–Crippen LogP) is 1.70. The van der Waals surface area contributed by atoms with Crippen molar-refractivity contribution in [1.82, 2.24) is 0 Å². The van der Waals surface area contributed by atoms with E-state index in [0.29, 0.717) is 16.7 Å². The predicted molar refractivity (Wildman–Crippen MR) is 70.7 cm³/mol. The van der Waals surface area contributed by atoms with Gasteiger partial charge in [0.2, 0.25) is 5.91 Å². The van der Waals surface area contributed by atoms with Gasteiger partial charge in [-0.3, -0.25) is 9.59 Å². The standard InChI is InChI=1S/C15H13NO3/c16-15(19)12-8-6-11(7-9-12)14(18)13(17)10-4-2-1-3-5-10/h1-9,13,17H,(H2,16,19). The van der Waals surface area contributed by atoms with Crippen LogP contribution >= 0.6 is 0 Å². The van der Waals surface area contributed by atoms with Crippen LogP contribution in [-0.2, 0) is 0 Å². The summed E-state index contributed by atoms with van der Waals surface area (Å²) in [6.45, 7) is 0. The van der Waals surface area contributed by atoms with E-state index in [4.69, 9.17) is 5.73 Å². The molecule has 1 unspecified atom stereocenters. The molecule has 0 saturated heterocycles. The molecular formula is C15H13NO3. The van der Waals surface area contributed by atoms with Gasteiger partial charge >= 0.3 is 0 Å². The normalized spacial score (nSPS) is 11.8. The lowest BCUT2D eigenvalue weighted by molar-refractivity contribution is 0.0747. The number of ketones is 1. The fourth-order valence-electron chi connectivity index (χ4n) is 1.74. The van der Waals surface area contributed by atoms with E-state index < -0.39 is 17.8 Å². The Morgan fingerprint density at radius 2 is 1.42 bits per heavy atom. The number of aliphatic hydroxyl groups is 1. The molecule has 0 radical (unpaired) electrons. The maximum absolute atomic E-state index is 12.1. The number of amides is 1. The molecule has 2 rings (SSSR count). The van der Waals surface area contributed by atoms with Crippen LogP contribution in [0, 0.1) is 0 Å². The Bertz CT molecular complexity index is 591. The van der Waals surface area contributed by atoms with Gasteiger partial charge in [0.15, 0.2) is 5.78 Å². The van der Waals surface area contributed by atoms with Gasteiger partial charge in [0, 0.05) is 11.1 Å². The van der Waals surface area contributed by atoms with E-state index in [1.807, 2.05) is 6.07 Å². The van der Waals surface area contributed by atoms with E-state index >= 15 is 0 Å². The van der Waals surface area contributed by atoms with E-state index in [2.05, 4.69) is 0 Å². The highest BCUT2D eigenvalue weighted by atomic mass is 16.3. The monoisotopic (exact) mass is 255 g/mol. The van der Waals surface area contributed by atoms with Crippen LogP contribution in [0.4, 0.5) is 0 Å². The van der Waals surface area contributed by atoms with Crippen molar-refractivity contribution in [3.05, 3.63) is 71.3 Å². The highest BCUT2D eigenvalue weighted by Crippen LogP contribution is 2.18. The zero-order chi connectivity index (χ0) is 13.8. The van der Waals surface area contributed by atoms with Crippen molar-refractivity contribution in [1.29, 1.82) is 0 Å². The van der Waals surface area contributed by atoms with Gasteiger partial charge in [-0.15, -0.1) is 0 Å². The molecule has 0 aliphatic heterocycles. The number of carbonyl (C=O) groups excluding carboxylic acids is 2. The second-order valence-corrected chi connectivity index (χ2v) is 4.12. The zero-order valence-corrected chi connectivity index (χ0v) is 10.1. The minimum absolute atomic E-state index is 0.325. The van der Waals surface area contributed by atoms with E-state index in [1.54, 1.807) is 24.3 Å². The molecular weight excluding hydrogens is 242 g/mol. The SMILES string of the molecule is NC(=O)c1ccc(C(=O)C(O)c2ccccc2)cc1. The van der Waals surface area contributed by atoms with Crippen molar-refractivity contribution in [2.75, 3.05) is 0 Å². The summed E-state index contributed by atoms with van der Waals surface area (Å²) in [7, 11) is 0. The van der Waals surface area contributed by atoms with Crippen molar-refractivity contribution in [3.63, 3.8) is 0 Å². The number of primary amides is 1. The quantitative estimate of drug-likeness (QED) is 0.816. The van der Waals surface area contributed by atoms with Crippen molar-refractivity contribution in [2.24, 2.45) is 5.73 Å². The number of rotatable bonds is 4. The summed E-state index contributed by atoms with van der Waals surface area (Å²) in [5.41, 5.74) is 6.31. The van der Waals surface area contributed by atoms with E-state index in [1.165, 1.54) is 24.3 Å². The van der Waals surface area contributed by atoms with Gasteiger partial charge in [-0.1, -0.05) is 42.5 Å². The molecule has 0 bridgehead atoms. The highest BCUT2D eigenvalue weighted by molar-refractivity contribution is 6.01. The molecule has 4 nitrogen and oxygen atoms in total. The van der Waals surface area contributed by atoms with Gasteiger partial charge in [-0.2, -0.15) is 0 Å². The first kappa shape index (κ1) is 13.0. The summed E-state index contributed by atoms with van der Waals surface area (Å²) < 4.78 is 0. The van der Waals surface area contributed by atoms with Crippen LogP contribution in [0.1, 0.15) is 32.4 Å². The molecule has 0 saturated carbocycles. The molecule has 1 atom stereocenters. The number of benzene rings is 2. The minimum Gasteiger partial charge on any atom is -0.380 e. The van der Waals surface area contributed by atoms with Crippen molar-refractivity contribution in [2.45, 2.75) is 6.10 Å². The van der Waals surface area contributed by atoms with Gasteiger partial charge in [-0.25, -0.2) is 0 Å². The van der Waals surface area contributed by atoms with Crippen LogP contribution in [0.25, 0.3) is 0 Å². The molecule has 1 amide bonds. The van der Waals surface area contributed by atoms with Crippen LogP contribution in [0.15, 0.2) is 54.6 Å². The Labute approximate surface area is 110 Å². The van der Waals surface area contributed by atoms with Crippen molar-refractivity contribution in [3.8, 4) is 0 Å². The minimum atomic E-state index is -1.21. The fourth-order valence-corrected chi connectivity index (χ4v) is 1.74. The van der Waals surface area contributed by atoms with Crippen LogP contribution in [0.5, 0.6) is 0 Å². The number of nitrogens with two attached hydrogens (primary N) is 1. The van der Waals surface area contributed by atoms with E-state index in [-0.39, 0.29) is 0 Å². The molecule has 96 valence electrons. The lowest BCUT2D eigenvalue weighted by atomic mass is 9.99. The van der Waals surface area contributed by atoms with Crippen LogP contribution < -0.4 is 5.73 Å². The number of hydrogen-bond acceptors (Lipinski definition) is 3. The lowest BCUT2D eigenvalue weighted by Gasteiger charge is -2.10. The van der Waals surface area contributed by atoms with Gasteiger partial charge in [-0.05, 0) is 17.7 Å². The third-order valence-electron chi connectivity index (χ3n) is 2.82. The first-order chi connectivity index (χ1) is 9.09. The third kappa shape index (κ3) is 2.86. The second-order valence-electron chi connectivity index (χ2n) is 4.12. The van der Waals surface area contributed by atoms with Gasteiger partial charge in [0.05, 0.1) is 0 Å². The summed E-state index contributed by atoms with van der Waals surface area (Å²) in [5, 5.41) is 9.98. The fraction of sp³-hybridized carbons (Fsp3) is 0.0667. The topological polar surface area (TPSA) is 80.4 Å². The number of carbonyl (C=O) groups is 2. The molecule has 0 fully saturated rings. The molecule has 2 aromatic rings. The van der Waals surface area contributed by atoms with Crippen molar-refractivity contribution < 1.29 is 14.7 Å². The zero-order valence-electron chi connectivity index (χ0n) is 10.1. The number of Topliss-reactive ketones (excluding diaryl/α,β-unsaturated/α-hetero) is 1. The van der Waals surface area contributed by atoms with Gasteiger partial charge in [0.1, 0.15) is 6.10 Å². The molecule has 19 heavy (non-hydrogen) atoms. The number of aliphatic hydroxyl groups excluding tert-OH is 1. The van der Waals surface area contributed by atoms with Crippen LogP contribution in [0.3, 0.4) is 0 Å². The maximum atomic E-state index is 12.1. The largest absolute Gasteiger partial charge is 0.380 e. The molecule has 0 spiro atoms. The van der Waals surface area contributed by atoms with Crippen LogP contribution in [-0.4, -0.2) is 16.8 Å². The smallest absolute Gasteiger partial charge is 0.248 e. The molecule has 0 aromatic heterocycles. The third-order valence-corrected chi connectivity index (χ3v) is 2.82. The first-order valence-electron chi connectivity index (χ1n) is 5.76. The van der Waals surface area contributed by atoms with E-state index in [9.17, 15) is 14.7 Å². The highest BCUT2D eigenvalue weighted by Gasteiger charge is 2.18.